The van der Waals surface area contributed by atoms with Gasteiger partial charge >= 0.3 is 0 Å². The van der Waals surface area contributed by atoms with Crippen LogP contribution >= 0.6 is 0 Å². The summed E-state index contributed by atoms with van der Waals surface area (Å²) in [6.45, 7) is 8.81. The van der Waals surface area contributed by atoms with Crippen molar-refractivity contribution in [3.8, 4) is 5.88 Å². The molecule has 2 aromatic heterocycles. The minimum Gasteiger partial charge on any atom is -0.479 e. The van der Waals surface area contributed by atoms with E-state index in [1.807, 2.05) is 17.1 Å². The number of hydrogen-bond acceptors (Lipinski definition) is 7. The summed E-state index contributed by atoms with van der Waals surface area (Å²) in [6.07, 6.45) is 8.93. The van der Waals surface area contributed by atoms with Gasteiger partial charge in [-0.1, -0.05) is 0 Å². The molecule has 1 fully saturated rings. The maximum atomic E-state index is 14.2. The van der Waals surface area contributed by atoms with Gasteiger partial charge < -0.3 is 19.7 Å². The zero-order valence-electron chi connectivity index (χ0n) is 20.3. The summed E-state index contributed by atoms with van der Waals surface area (Å²) in [5.74, 6) is -0.0185. The molecule has 8 nitrogen and oxygen atoms in total. The summed E-state index contributed by atoms with van der Waals surface area (Å²) < 4.78 is 26.8. The van der Waals surface area contributed by atoms with Crippen molar-refractivity contribution in [3.63, 3.8) is 0 Å². The number of aromatic nitrogens is 3. The van der Waals surface area contributed by atoms with Gasteiger partial charge in [0.1, 0.15) is 0 Å². The zero-order chi connectivity index (χ0) is 24.1. The first-order valence-corrected chi connectivity index (χ1v) is 12.1. The predicted molar refractivity (Wildman–Crippen MR) is 130 cm³/mol. The molecule has 184 valence electrons. The molecule has 2 aliphatic heterocycles. The highest BCUT2D eigenvalue weighted by atomic mass is 19.1. The number of hydrogen-bond donors (Lipinski definition) is 2. The third-order valence-electron chi connectivity index (χ3n) is 6.70. The largest absolute Gasteiger partial charge is 0.479 e. The second-order valence-corrected chi connectivity index (χ2v) is 9.31. The van der Waals surface area contributed by atoms with E-state index in [0.29, 0.717) is 43.6 Å². The number of nitrogens with one attached hydrogen (secondary N) is 2. The summed E-state index contributed by atoms with van der Waals surface area (Å²) in [4.78, 5) is 6.52. The van der Waals surface area contributed by atoms with Gasteiger partial charge in [-0.25, -0.2) is 9.37 Å². The molecule has 0 aromatic carbocycles. The Kier molecular flexibility index (Phi) is 7.95. The second-order valence-electron chi connectivity index (χ2n) is 9.31. The normalized spacial score (nSPS) is 18.3. The number of rotatable bonds is 8. The van der Waals surface area contributed by atoms with Crippen LogP contribution in [0.1, 0.15) is 45.1 Å². The maximum Gasteiger partial charge on any atom is 0.250 e. The molecule has 0 saturated carbocycles. The summed E-state index contributed by atoms with van der Waals surface area (Å²) in [5.41, 5.74) is 3.26. The molecule has 0 amide bonds. The van der Waals surface area contributed by atoms with Crippen molar-refractivity contribution in [1.29, 1.82) is 5.41 Å². The van der Waals surface area contributed by atoms with Crippen LogP contribution < -0.4 is 10.1 Å². The van der Waals surface area contributed by atoms with E-state index >= 15 is 0 Å². The molecule has 1 saturated heterocycles. The Labute approximate surface area is 200 Å². The Morgan fingerprint density at radius 1 is 1.26 bits per heavy atom. The summed E-state index contributed by atoms with van der Waals surface area (Å²) in [5, 5.41) is 16.8. The van der Waals surface area contributed by atoms with Crippen molar-refractivity contribution in [2.75, 3.05) is 38.7 Å². The smallest absolute Gasteiger partial charge is 0.250 e. The van der Waals surface area contributed by atoms with Gasteiger partial charge in [0.05, 0.1) is 37.9 Å². The molecule has 34 heavy (non-hydrogen) atoms. The Bertz CT molecular complexity index is 1030. The average Bonchev–Trinajstić information content (AvgIpc) is 3.13. The highest BCUT2D eigenvalue weighted by molar-refractivity contribution is 6.11. The van der Waals surface area contributed by atoms with Crippen LogP contribution in [0.15, 0.2) is 35.9 Å². The van der Waals surface area contributed by atoms with E-state index in [1.54, 1.807) is 0 Å². The molecule has 9 heteroatoms. The van der Waals surface area contributed by atoms with Crippen LogP contribution in [0.3, 0.4) is 0 Å². The number of pyridine rings is 1. The van der Waals surface area contributed by atoms with Crippen molar-refractivity contribution in [1.82, 2.24) is 19.7 Å². The van der Waals surface area contributed by atoms with Gasteiger partial charge in [0, 0.05) is 42.7 Å². The number of ether oxygens (including phenoxy) is 2. The average molecular weight is 471 g/mol. The Morgan fingerprint density at radius 2 is 2.03 bits per heavy atom. The molecule has 2 N–H and O–H groups in total. The molecule has 0 aliphatic carbocycles. The lowest BCUT2D eigenvalue weighted by Crippen LogP contribution is -2.39. The molecular weight excluding hydrogens is 435 g/mol. The van der Waals surface area contributed by atoms with Crippen molar-refractivity contribution < 1.29 is 13.9 Å². The standard InChI is InChI=1S/C25H35FN6O2/c1-17(2)31-8-4-18(5-9-31)15-32-16-20(14-29-32)30-23-7-11-34-10-6-21(23)24(27)19-12-22(26)25(33-3)28-13-19/h12-14,16-18,27,30H,4-11,15H2,1-3H3. The molecule has 0 radical (unpaired) electrons. The number of methoxy groups -OCH3 is 1. The highest BCUT2D eigenvalue weighted by Gasteiger charge is 2.22. The van der Waals surface area contributed by atoms with Crippen LogP contribution in [0.4, 0.5) is 10.1 Å². The van der Waals surface area contributed by atoms with E-state index in [4.69, 9.17) is 14.9 Å². The highest BCUT2D eigenvalue weighted by Crippen LogP contribution is 2.25. The molecule has 4 heterocycles. The van der Waals surface area contributed by atoms with Gasteiger partial charge in [0.25, 0.3) is 0 Å². The van der Waals surface area contributed by atoms with Crippen molar-refractivity contribution in [2.45, 2.75) is 52.1 Å². The molecule has 0 spiro atoms. The fourth-order valence-electron chi connectivity index (χ4n) is 4.67. The number of nitrogens with zero attached hydrogens (tertiary/aromatic N) is 4. The van der Waals surface area contributed by atoms with E-state index in [2.05, 4.69) is 34.1 Å². The minimum absolute atomic E-state index is 0.0737. The van der Waals surface area contributed by atoms with E-state index < -0.39 is 5.82 Å². The SMILES string of the molecule is COc1ncc(C(=N)C2=C(Nc3cnn(CC4CCN(C(C)C)CC4)c3)CCOCC2)cc1F. The van der Waals surface area contributed by atoms with Crippen LogP contribution in [0.2, 0.25) is 0 Å². The van der Waals surface area contributed by atoms with Crippen molar-refractivity contribution in [2.24, 2.45) is 5.92 Å². The maximum absolute atomic E-state index is 14.2. The summed E-state index contributed by atoms with van der Waals surface area (Å²) in [7, 11) is 1.37. The number of halogens is 1. The molecule has 0 atom stereocenters. The Morgan fingerprint density at radius 3 is 2.74 bits per heavy atom. The van der Waals surface area contributed by atoms with E-state index in [1.165, 1.54) is 32.2 Å². The fourth-order valence-corrected chi connectivity index (χ4v) is 4.67. The number of piperidine rings is 1. The first-order chi connectivity index (χ1) is 16.4. The first-order valence-electron chi connectivity index (χ1n) is 12.1. The van der Waals surface area contributed by atoms with Gasteiger partial charge in [0.15, 0.2) is 5.82 Å². The van der Waals surface area contributed by atoms with Crippen molar-refractivity contribution >= 4 is 11.4 Å². The van der Waals surface area contributed by atoms with Gasteiger partial charge in [0.2, 0.25) is 5.88 Å². The molecular formula is C25H35FN6O2. The summed E-state index contributed by atoms with van der Waals surface area (Å²) in [6, 6.07) is 1.91. The van der Waals surface area contributed by atoms with Crippen LogP contribution in [0.25, 0.3) is 0 Å². The summed E-state index contributed by atoms with van der Waals surface area (Å²) >= 11 is 0. The number of anilines is 1. The fraction of sp³-hybridized carbons (Fsp3) is 0.560. The quantitative estimate of drug-likeness (QED) is 0.565. The van der Waals surface area contributed by atoms with Crippen LogP contribution in [-0.2, 0) is 11.3 Å². The van der Waals surface area contributed by atoms with E-state index in [0.717, 1.165) is 36.6 Å². The third-order valence-corrected chi connectivity index (χ3v) is 6.70. The lowest BCUT2D eigenvalue weighted by molar-refractivity contribution is 0.140. The lowest BCUT2D eigenvalue weighted by atomic mass is 9.96. The molecule has 0 unspecified atom stereocenters. The zero-order valence-corrected chi connectivity index (χ0v) is 20.3. The molecule has 2 aromatic rings. The van der Waals surface area contributed by atoms with Gasteiger partial charge in [-0.2, -0.15) is 5.10 Å². The lowest BCUT2D eigenvalue weighted by Gasteiger charge is -2.34. The van der Waals surface area contributed by atoms with Gasteiger partial charge in [-0.3, -0.25) is 10.1 Å². The third kappa shape index (κ3) is 5.82. The van der Waals surface area contributed by atoms with Gasteiger partial charge in [-0.15, -0.1) is 0 Å². The minimum atomic E-state index is -0.578. The Balaban J connectivity index is 1.46. The molecule has 2 aliphatic rings. The second kappa shape index (κ2) is 11.1. The van der Waals surface area contributed by atoms with Gasteiger partial charge in [-0.05, 0) is 63.8 Å². The first kappa shape index (κ1) is 24.3. The number of likely N-dealkylation sites (tertiary alicyclic amines) is 1. The molecule has 0 bridgehead atoms. The topological polar surface area (TPSA) is 88.3 Å². The Hall–Kier alpha value is -2.78. The van der Waals surface area contributed by atoms with E-state index in [9.17, 15) is 4.39 Å². The monoisotopic (exact) mass is 470 g/mol. The van der Waals surface area contributed by atoms with E-state index in [-0.39, 0.29) is 11.6 Å². The van der Waals surface area contributed by atoms with Crippen molar-refractivity contribution in [3.05, 3.63) is 47.3 Å². The molecule has 4 rings (SSSR count). The predicted octanol–water partition coefficient (Wildman–Crippen LogP) is 4.09. The van der Waals surface area contributed by atoms with Crippen LogP contribution in [-0.4, -0.2) is 64.8 Å². The van der Waals surface area contributed by atoms with Crippen LogP contribution in [0.5, 0.6) is 5.88 Å². The van der Waals surface area contributed by atoms with Crippen LogP contribution in [0, 0.1) is 17.1 Å².